The number of ether oxygens (including phenoxy) is 4. The number of ketones is 1. The molecule has 3 fully saturated rings. The second-order valence-electron chi connectivity index (χ2n) is 12.7. The fourth-order valence-corrected chi connectivity index (χ4v) is 9.91. The van der Waals surface area contributed by atoms with Crippen molar-refractivity contribution in [1.29, 1.82) is 0 Å². The van der Waals surface area contributed by atoms with Gasteiger partial charge in [0.25, 0.3) is 0 Å². The number of carbonyl (C=O) groups is 4. The Morgan fingerprint density at radius 2 is 1.73 bits per heavy atom. The Morgan fingerprint density at radius 1 is 1.08 bits per heavy atom. The minimum Gasteiger partial charge on any atom is -0.500 e. The fourth-order valence-electron chi connectivity index (χ4n) is 9.91. The third-order valence-corrected chi connectivity index (χ3v) is 11.2. The number of hydrogen-bond acceptors (Lipinski definition) is 8. The molecule has 4 aliphatic carbocycles. The van der Waals surface area contributed by atoms with Crippen molar-refractivity contribution in [2.45, 2.75) is 79.9 Å². The fraction of sp³-hybridized carbons (Fsp3) is 0.724. The molecule has 0 spiro atoms. The lowest BCUT2D eigenvalue weighted by Crippen LogP contribution is -2.71. The first-order chi connectivity index (χ1) is 17.1. The van der Waals surface area contributed by atoms with Gasteiger partial charge in [-0.15, -0.1) is 0 Å². The summed E-state index contributed by atoms with van der Waals surface area (Å²) in [6.45, 7) is 12.9. The summed E-state index contributed by atoms with van der Waals surface area (Å²) in [5, 5.41) is 0. The maximum absolute atomic E-state index is 14.4. The molecule has 37 heavy (non-hydrogen) atoms. The summed E-state index contributed by atoms with van der Waals surface area (Å²) in [4.78, 5) is 54.2. The average molecular weight is 515 g/mol. The van der Waals surface area contributed by atoms with Gasteiger partial charge in [-0.25, -0.2) is 0 Å². The number of carbonyl (C=O) groups excluding carboxylic acids is 4. The summed E-state index contributed by atoms with van der Waals surface area (Å²) in [5.41, 5.74) is -4.01. The summed E-state index contributed by atoms with van der Waals surface area (Å²) in [5.74, 6) is -1.81. The van der Waals surface area contributed by atoms with E-state index in [1.54, 1.807) is 6.92 Å². The predicted molar refractivity (Wildman–Crippen MR) is 132 cm³/mol. The van der Waals surface area contributed by atoms with E-state index in [0.717, 1.165) is 5.57 Å². The lowest BCUT2D eigenvalue weighted by Gasteiger charge is -2.66. The molecule has 1 heterocycles. The predicted octanol–water partition coefficient (Wildman–Crippen LogP) is 3.92. The van der Waals surface area contributed by atoms with Gasteiger partial charge in [0, 0.05) is 35.2 Å². The zero-order chi connectivity index (χ0) is 27.5. The molecule has 8 nitrogen and oxygen atoms in total. The van der Waals surface area contributed by atoms with E-state index in [1.165, 1.54) is 21.1 Å². The van der Waals surface area contributed by atoms with Crippen molar-refractivity contribution in [3.8, 4) is 0 Å². The summed E-state index contributed by atoms with van der Waals surface area (Å²) in [6.07, 6.45) is 2.42. The van der Waals surface area contributed by atoms with Crippen LogP contribution >= 0.6 is 0 Å². The summed E-state index contributed by atoms with van der Waals surface area (Å²) < 4.78 is 23.1. The number of Topliss-reactive ketones (excluding diaryl/α,β-unsaturated/α-hetero) is 1. The molecule has 0 N–H and O–H groups in total. The van der Waals surface area contributed by atoms with Crippen LogP contribution in [0.3, 0.4) is 0 Å². The molecule has 8 atom stereocenters. The summed E-state index contributed by atoms with van der Waals surface area (Å²) in [7, 11) is 2.84. The standard InChI is InChI=1S/C29H38O8/c1-14-12-18-26(6,29(24(33)35-9)21(31)15(2)22(34-8)27(14,29)7)13-17-20-25(4,5)19(36-16(3)30)10-11-28(18,20)23(32)37-17/h12,17-20H,10-11,13H2,1-9H3. The van der Waals surface area contributed by atoms with Crippen molar-refractivity contribution >= 4 is 23.7 Å². The average Bonchev–Trinajstić information content (AvgIpc) is 3.16. The van der Waals surface area contributed by atoms with Crippen LogP contribution in [0.25, 0.3) is 0 Å². The van der Waals surface area contributed by atoms with Gasteiger partial charge in [0.1, 0.15) is 18.0 Å². The summed E-state index contributed by atoms with van der Waals surface area (Å²) >= 11 is 0. The van der Waals surface area contributed by atoms with Gasteiger partial charge in [-0.1, -0.05) is 32.4 Å². The molecule has 0 aromatic rings. The third-order valence-electron chi connectivity index (χ3n) is 11.2. The molecule has 2 bridgehead atoms. The van der Waals surface area contributed by atoms with E-state index in [4.69, 9.17) is 18.9 Å². The smallest absolute Gasteiger partial charge is 0.321 e. The van der Waals surface area contributed by atoms with E-state index in [2.05, 4.69) is 6.08 Å². The first kappa shape index (κ1) is 26.0. The molecule has 0 aromatic carbocycles. The van der Waals surface area contributed by atoms with Gasteiger partial charge in [0.2, 0.25) is 0 Å². The Morgan fingerprint density at radius 3 is 2.30 bits per heavy atom. The number of methoxy groups -OCH3 is 2. The van der Waals surface area contributed by atoms with Gasteiger partial charge >= 0.3 is 17.9 Å². The maximum Gasteiger partial charge on any atom is 0.321 e. The molecular weight excluding hydrogens is 476 g/mol. The highest BCUT2D eigenvalue weighted by atomic mass is 16.6. The Labute approximate surface area is 218 Å². The van der Waals surface area contributed by atoms with Crippen molar-refractivity contribution < 1.29 is 38.1 Å². The highest BCUT2D eigenvalue weighted by molar-refractivity contribution is 6.17. The largest absolute Gasteiger partial charge is 0.500 e. The zero-order valence-corrected chi connectivity index (χ0v) is 23.3. The second-order valence-corrected chi connectivity index (χ2v) is 12.7. The topological polar surface area (TPSA) is 105 Å². The Hall–Kier alpha value is -2.64. The molecule has 0 amide bonds. The van der Waals surface area contributed by atoms with Gasteiger partial charge in [0.05, 0.1) is 25.0 Å². The normalized spacial score (nSPS) is 45.3. The molecule has 2 saturated carbocycles. The van der Waals surface area contributed by atoms with Crippen LogP contribution in [-0.2, 0) is 38.1 Å². The van der Waals surface area contributed by atoms with E-state index in [-0.39, 0.29) is 29.7 Å². The van der Waals surface area contributed by atoms with E-state index in [0.29, 0.717) is 30.6 Å². The molecule has 5 rings (SSSR count). The highest BCUT2D eigenvalue weighted by Crippen LogP contribution is 2.79. The Kier molecular flexibility index (Phi) is 5.25. The molecule has 8 unspecified atom stereocenters. The molecule has 202 valence electrons. The molecular formula is C29H38O8. The number of fused-ring (bicyclic) bond motifs is 3. The van der Waals surface area contributed by atoms with Gasteiger partial charge in [-0.05, 0) is 40.0 Å². The number of allylic oxidation sites excluding steroid dienone is 3. The zero-order valence-electron chi connectivity index (χ0n) is 23.3. The van der Waals surface area contributed by atoms with Gasteiger partial charge < -0.3 is 18.9 Å². The number of esters is 3. The van der Waals surface area contributed by atoms with Crippen molar-refractivity contribution in [3.05, 3.63) is 23.0 Å². The monoisotopic (exact) mass is 514 g/mol. The second kappa shape index (κ2) is 7.48. The molecule has 0 aromatic heterocycles. The van der Waals surface area contributed by atoms with Gasteiger partial charge in [0.15, 0.2) is 11.2 Å². The minimum absolute atomic E-state index is 0.251. The number of hydrogen-bond donors (Lipinski definition) is 0. The molecule has 1 aliphatic heterocycles. The number of rotatable bonds is 3. The Bertz CT molecular complexity index is 1190. The van der Waals surface area contributed by atoms with Crippen LogP contribution in [0, 0.1) is 38.9 Å². The van der Waals surface area contributed by atoms with Crippen LogP contribution < -0.4 is 0 Å². The molecule has 0 radical (unpaired) electrons. The van der Waals surface area contributed by atoms with Gasteiger partial charge in [-0.2, -0.15) is 0 Å². The van der Waals surface area contributed by atoms with Crippen molar-refractivity contribution in [3.63, 3.8) is 0 Å². The lowest BCUT2D eigenvalue weighted by atomic mass is 9.33. The quantitative estimate of drug-likeness (QED) is 0.242. The van der Waals surface area contributed by atoms with Crippen LogP contribution in [0.5, 0.6) is 0 Å². The van der Waals surface area contributed by atoms with E-state index < -0.39 is 45.1 Å². The van der Waals surface area contributed by atoms with Gasteiger partial charge in [-0.3, -0.25) is 19.2 Å². The Balaban J connectivity index is 1.80. The van der Waals surface area contributed by atoms with Crippen LogP contribution in [0.1, 0.15) is 67.7 Å². The molecule has 5 aliphatic rings. The first-order valence-corrected chi connectivity index (χ1v) is 13.1. The van der Waals surface area contributed by atoms with E-state index in [1.807, 2.05) is 34.6 Å². The van der Waals surface area contributed by atoms with Crippen molar-refractivity contribution in [1.82, 2.24) is 0 Å². The third kappa shape index (κ3) is 2.51. The SMILES string of the molecule is COC(=O)C12C(=O)C(C)=C(OC)C1(C)C(C)=CC1C34CCC(OC(C)=O)C(C)(C)C3C(CC12C)OC4=O. The first-order valence-electron chi connectivity index (χ1n) is 13.1. The molecule has 8 heteroatoms. The molecule has 1 saturated heterocycles. The van der Waals surface area contributed by atoms with Crippen LogP contribution in [0.2, 0.25) is 0 Å². The lowest BCUT2D eigenvalue weighted by molar-refractivity contribution is -0.216. The minimum atomic E-state index is -1.62. The van der Waals surface area contributed by atoms with Crippen LogP contribution in [-0.4, -0.2) is 50.1 Å². The summed E-state index contributed by atoms with van der Waals surface area (Å²) in [6, 6.07) is 0. The van der Waals surface area contributed by atoms with Crippen LogP contribution in [0.4, 0.5) is 0 Å². The highest BCUT2D eigenvalue weighted by Gasteiger charge is 2.85. The van der Waals surface area contributed by atoms with Crippen molar-refractivity contribution in [2.24, 2.45) is 38.9 Å². The van der Waals surface area contributed by atoms with E-state index >= 15 is 0 Å². The van der Waals surface area contributed by atoms with E-state index in [9.17, 15) is 19.2 Å². The van der Waals surface area contributed by atoms with Crippen LogP contribution in [0.15, 0.2) is 23.0 Å². The maximum atomic E-state index is 14.4. The van der Waals surface area contributed by atoms with Crippen molar-refractivity contribution in [2.75, 3.05) is 14.2 Å².